The number of hydrogen-bond donors (Lipinski definition) is 2. The van der Waals surface area contributed by atoms with Crippen molar-refractivity contribution < 1.29 is 9.59 Å². The third-order valence-corrected chi connectivity index (χ3v) is 4.19. The number of fused-ring (bicyclic) bond motifs is 1. The molecule has 1 aromatic carbocycles. The van der Waals surface area contributed by atoms with Crippen molar-refractivity contribution in [3.8, 4) is 0 Å². The summed E-state index contributed by atoms with van der Waals surface area (Å²) >= 11 is 0. The van der Waals surface area contributed by atoms with Gasteiger partial charge >= 0.3 is 0 Å². The summed E-state index contributed by atoms with van der Waals surface area (Å²) in [6.45, 7) is 5.47. The van der Waals surface area contributed by atoms with Crippen LogP contribution in [0.1, 0.15) is 41.6 Å². The predicted octanol–water partition coefficient (Wildman–Crippen LogP) is 1.68. The monoisotopic (exact) mass is 379 g/mol. The van der Waals surface area contributed by atoms with Crippen molar-refractivity contribution in [2.45, 2.75) is 33.2 Å². The minimum Gasteiger partial charge on any atom is -0.273 e. The van der Waals surface area contributed by atoms with Crippen LogP contribution in [0.15, 0.2) is 47.4 Å². The van der Waals surface area contributed by atoms with E-state index in [0.29, 0.717) is 10.8 Å². The molecule has 0 radical (unpaired) electrons. The first-order valence-corrected chi connectivity index (χ1v) is 8.89. The Kier molecular flexibility index (Phi) is 5.49. The van der Waals surface area contributed by atoms with Crippen LogP contribution >= 0.6 is 0 Å². The quantitative estimate of drug-likeness (QED) is 0.671. The van der Waals surface area contributed by atoms with Gasteiger partial charge in [-0.2, -0.15) is 5.10 Å². The number of carbonyl (C=O) groups is 2. The van der Waals surface area contributed by atoms with E-state index in [9.17, 15) is 14.4 Å². The summed E-state index contributed by atoms with van der Waals surface area (Å²) in [6.07, 6.45) is 1.69. The van der Waals surface area contributed by atoms with Crippen molar-refractivity contribution in [2.24, 2.45) is 0 Å². The summed E-state index contributed by atoms with van der Waals surface area (Å²) in [5.41, 5.74) is 6.14. The lowest BCUT2D eigenvalue weighted by atomic mass is 10.1. The molecule has 2 N–H and O–H groups in total. The zero-order valence-electron chi connectivity index (χ0n) is 15.9. The van der Waals surface area contributed by atoms with Gasteiger partial charge in [-0.3, -0.25) is 30.2 Å². The number of nitrogens with zero attached hydrogens (tertiary/aromatic N) is 3. The molecule has 3 aromatic rings. The molecule has 2 aromatic heterocycles. The van der Waals surface area contributed by atoms with Gasteiger partial charge in [-0.25, -0.2) is 4.68 Å². The highest BCUT2D eigenvalue weighted by Crippen LogP contribution is 2.14. The van der Waals surface area contributed by atoms with E-state index in [1.54, 1.807) is 36.5 Å². The second-order valence-electron chi connectivity index (χ2n) is 6.72. The van der Waals surface area contributed by atoms with Crippen LogP contribution in [0.2, 0.25) is 0 Å². The first kappa shape index (κ1) is 19.2. The molecule has 28 heavy (non-hydrogen) atoms. The summed E-state index contributed by atoms with van der Waals surface area (Å²) < 4.78 is 1.26. The Balaban J connectivity index is 1.79. The number of nitrogens with one attached hydrogen (secondary N) is 2. The van der Waals surface area contributed by atoms with Gasteiger partial charge in [-0.1, -0.05) is 24.3 Å². The average molecular weight is 379 g/mol. The lowest BCUT2D eigenvalue weighted by molar-refractivity contribution is -0.121. The number of carbonyl (C=O) groups excluding carboxylic acids is 2. The summed E-state index contributed by atoms with van der Waals surface area (Å²) in [5.74, 6) is -0.985. The van der Waals surface area contributed by atoms with E-state index >= 15 is 0 Å². The van der Waals surface area contributed by atoms with Crippen LogP contribution < -0.4 is 16.4 Å². The van der Waals surface area contributed by atoms with Crippen LogP contribution in [0, 0.1) is 6.92 Å². The number of pyridine rings is 1. The van der Waals surface area contributed by atoms with E-state index < -0.39 is 5.91 Å². The molecule has 0 saturated heterocycles. The number of hydrogen-bond acceptors (Lipinski definition) is 5. The molecule has 0 saturated carbocycles. The van der Waals surface area contributed by atoms with Gasteiger partial charge in [0.1, 0.15) is 0 Å². The SMILES string of the molecule is Cc1ccc(CC(=O)NNC(=O)c2nn(C(C)C)c(=O)c3ccccc23)cn1. The Hall–Kier alpha value is -3.55. The predicted molar refractivity (Wildman–Crippen MR) is 105 cm³/mol. The van der Waals surface area contributed by atoms with Crippen LogP contribution in [-0.4, -0.2) is 26.6 Å². The van der Waals surface area contributed by atoms with Gasteiger partial charge in [0.2, 0.25) is 5.91 Å². The largest absolute Gasteiger partial charge is 0.290 e. The average Bonchev–Trinajstić information content (AvgIpc) is 2.68. The Morgan fingerprint density at radius 1 is 1.07 bits per heavy atom. The Bertz CT molecular complexity index is 1090. The minimum atomic E-state index is -0.596. The number of aryl methyl sites for hydroxylation is 1. The number of hydrazine groups is 1. The second-order valence-corrected chi connectivity index (χ2v) is 6.72. The smallest absolute Gasteiger partial charge is 0.273 e. The maximum absolute atomic E-state index is 12.6. The van der Waals surface area contributed by atoms with Gasteiger partial charge in [0.25, 0.3) is 11.5 Å². The number of rotatable bonds is 4. The molecule has 2 amide bonds. The van der Waals surface area contributed by atoms with Crippen molar-refractivity contribution in [1.82, 2.24) is 25.6 Å². The number of amides is 2. The number of aromatic nitrogens is 3. The Morgan fingerprint density at radius 3 is 2.43 bits per heavy atom. The Morgan fingerprint density at radius 2 is 1.79 bits per heavy atom. The van der Waals surface area contributed by atoms with Gasteiger partial charge in [-0.15, -0.1) is 0 Å². The summed E-state index contributed by atoms with van der Waals surface area (Å²) in [7, 11) is 0. The lowest BCUT2D eigenvalue weighted by Crippen LogP contribution is -2.43. The molecule has 0 fully saturated rings. The van der Waals surface area contributed by atoms with Crippen LogP contribution in [0.5, 0.6) is 0 Å². The molecule has 3 rings (SSSR count). The molecular weight excluding hydrogens is 358 g/mol. The van der Waals surface area contributed by atoms with E-state index in [1.807, 2.05) is 26.8 Å². The first-order valence-electron chi connectivity index (χ1n) is 8.89. The molecule has 0 bridgehead atoms. The standard InChI is InChI=1S/C20H21N5O3/c1-12(2)25-20(28)16-7-5-4-6-15(16)18(24-25)19(27)23-22-17(26)10-14-9-8-13(3)21-11-14/h4-9,11-12H,10H2,1-3H3,(H,22,26)(H,23,27). The van der Waals surface area contributed by atoms with Gasteiger partial charge in [0.15, 0.2) is 5.69 Å². The van der Waals surface area contributed by atoms with Crippen molar-refractivity contribution in [1.29, 1.82) is 0 Å². The van der Waals surface area contributed by atoms with E-state index in [2.05, 4.69) is 20.9 Å². The molecule has 0 spiro atoms. The van der Waals surface area contributed by atoms with Crippen molar-refractivity contribution in [2.75, 3.05) is 0 Å². The maximum Gasteiger partial charge on any atom is 0.290 e. The molecule has 0 aliphatic heterocycles. The highest BCUT2D eigenvalue weighted by atomic mass is 16.2. The zero-order chi connectivity index (χ0) is 20.3. The van der Waals surface area contributed by atoms with Gasteiger partial charge in [-0.05, 0) is 38.5 Å². The highest BCUT2D eigenvalue weighted by molar-refractivity contribution is 6.05. The van der Waals surface area contributed by atoms with E-state index in [0.717, 1.165) is 11.3 Å². The molecular formula is C20H21N5O3. The van der Waals surface area contributed by atoms with Crippen molar-refractivity contribution in [3.05, 3.63) is 69.9 Å². The Labute approximate surface area is 161 Å². The topological polar surface area (TPSA) is 106 Å². The van der Waals surface area contributed by atoms with Crippen LogP contribution in [0.3, 0.4) is 0 Å². The third-order valence-electron chi connectivity index (χ3n) is 4.19. The molecule has 0 atom stereocenters. The van der Waals surface area contributed by atoms with Crippen molar-refractivity contribution in [3.63, 3.8) is 0 Å². The molecule has 144 valence electrons. The fourth-order valence-corrected chi connectivity index (χ4v) is 2.74. The normalized spacial score (nSPS) is 10.9. The zero-order valence-corrected chi connectivity index (χ0v) is 15.9. The maximum atomic E-state index is 12.6. The molecule has 0 aliphatic carbocycles. The molecule has 0 aliphatic rings. The van der Waals surface area contributed by atoms with Gasteiger partial charge in [0, 0.05) is 17.3 Å². The van der Waals surface area contributed by atoms with E-state index in [4.69, 9.17) is 0 Å². The van der Waals surface area contributed by atoms with E-state index in [-0.39, 0.29) is 29.6 Å². The van der Waals surface area contributed by atoms with Crippen molar-refractivity contribution >= 4 is 22.6 Å². The van der Waals surface area contributed by atoms with Crippen LogP contribution in [-0.2, 0) is 11.2 Å². The van der Waals surface area contributed by atoms with Gasteiger partial charge < -0.3 is 0 Å². The van der Waals surface area contributed by atoms with Crippen LogP contribution in [0.25, 0.3) is 10.8 Å². The number of benzene rings is 1. The molecule has 0 unspecified atom stereocenters. The van der Waals surface area contributed by atoms with Crippen LogP contribution in [0.4, 0.5) is 0 Å². The summed E-state index contributed by atoms with van der Waals surface area (Å²) in [4.78, 5) is 41.4. The molecule has 8 heteroatoms. The van der Waals surface area contributed by atoms with Gasteiger partial charge in [0.05, 0.1) is 17.8 Å². The minimum absolute atomic E-state index is 0.0706. The molecule has 2 heterocycles. The highest BCUT2D eigenvalue weighted by Gasteiger charge is 2.18. The summed E-state index contributed by atoms with van der Waals surface area (Å²) in [5, 5.41) is 5.03. The fraction of sp³-hybridized carbons (Fsp3) is 0.250. The first-order chi connectivity index (χ1) is 13.4. The third kappa shape index (κ3) is 4.06. The van der Waals surface area contributed by atoms with E-state index in [1.165, 1.54) is 4.68 Å². The molecule has 8 nitrogen and oxygen atoms in total. The second kappa shape index (κ2) is 7.99. The fourth-order valence-electron chi connectivity index (χ4n) is 2.74. The lowest BCUT2D eigenvalue weighted by Gasteiger charge is -2.13. The summed E-state index contributed by atoms with van der Waals surface area (Å²) in [6, 6.07) is 10.2.